The molecule has 0 amide bonds. The van der Waals surface area contributed by atoms with Gasteiger partial charge < -0.3 is 10.2 Å². The lowest BCUT2D eigenvalue weighted by atomic mass is 10.1. The van der Waals surface area contributed by atoms with Gasteiger partial charge in [0.15, 0.2) is 0 Å². The summed E-state index contributed by atoms with van der Waals surface area (Å²) in [5.74, 6) is 0. The van der Waals surface area contributed by atoms with E-state index in [1.807, 2.05) is 6.08 Å². The molecule has 2 heteroatoms. The third-order valence-corrected chi connectivity index (χ3v) is 1.53. The third-order valence-electron chi connectivity index (χ3n) is 1.53. The van der Waals surface area contributed by atoms with E-state index in [4.69, 9.17) is 10.2 Å². The lowest BCUT2D eigenvalue weighted by molar-refractivity contribution is 0.318. The topological polar surface area (TPSA) is 40.5 Å². The van der Waals surface area contributed by atoms with Crippen LogP contribution in [0.5, 0.6) is 0 Å². The molecule has 0 rings (SSSR count). The van der Waals surface area contributed by atoms with Gasteiger partial charge in [0.25, 0.3) is 0 Å². The average Bonchev–Trinajstić information content (AvgIpc) is 2.05. The molecule has 0 aromatic rings. The zero-order valence-corrected chi connectivity index (χ0v) is 9.88. The second kappa shape index (κ2) is 12.4. The highest BCUT2D eigenvalue weighted by Crippen LogP contribution is 2.05. The fourth-order valence-corrected chi connectivity index (χ4v) is 0.846. The first kappa shape index (κ1) is 15.9. The van der Waals surface area contributed by atoms with Crippen LogP contribution < -0.4 is 0 Å². The van der Waals surface area contributed by atoms with Crippen LogP contribution in [0.15, 0.2) is 23.3 Å². The van der Waals surface area contributed by atoms with E-state index in [9.17, 15) is 0 Å². The summed E-state index contributed by atoms with van der Waals surface area (Å²) in [5, 5.41) is 16.1. The van der Waals surface area contributed by atoms with Crippen molar-refractivity contribution in [2.45, 2.75) is 40.5 Å². The number of aliphatic hydroxyl groups is 2. The molecule has 0 aliphatic rings. The van der Waals surface area contributed by atoms with Crippen LogP contribution in [0.2, 0.25) is 0 Å². The van der Waals surface area contributed by atoms with Crippen LogP contribution in [-0.2, 0) is 0 Å². The predicted octanol–water partition coefficient (Wildman–Crippen LogP) is 2.67. The quantitative estimate of drug-likeness (QED) is 0.685. The molecule has 0 aromatic carbocycles. The van der Waals surface area contributed by atoms with Crippen molar-refractivity contribution in [1.82, 2.24) is 0 Å². The van der Waals surface area contributed by atoms with E-state index in [1.54, 1.807) is 6.92 Å². The first-order valence-corrected chi connectivity index (χ1v) is 5.09. The minimum Gasteiger partial charge on any atom is -0.397 e. The van der Waals surface area contributed by atoms with E-state index in [0.29, 0.717) is 0 Å². The number of aliphatic hydroxyl groups excluding tert-OH is 2. The second-order valence-electron chi connectivity index (χ2n) is 3.37. The largest absolute Gasteiger partial charge is 0.397 e. The molecule has 14 heavy (non-hydrogen) atoms. The molecule has 0 bridgehead atoms. The monoisotopic (exact) mass is 200 g/mol. The van der Waals surface area contributed by atoms with Crippen LogP contribution in [-0.4, -0.2) is 23.4 Å². The predicted molar refractivity (Wildman–Crippen MR) is 62.3 cm³/mol. The maximum Gasteiger partial charge on any atom is 0.0614 e. The fourth-order valence-electron chi connectivity index (χ4n) is 0.846. The number of rotatable bonds is 4. The summed E-state index contributed by atoms with van der Waals surface area (Å²) in [6, 6.07) is 0. The highest BCUT2D eigenvalue weighted by molar-refractivity contribution is 5.01. The molecule has 2 N–H and O–H groups in total. The fraction of sp³-hybridized carbons (Fsp3) is 0.667. The maximum atomic E-state index is 8.55. The molecule has 0 aliphatic carbocycles. The smallest absolute Gasteiger partial charge is 0.0614 e. The molecule has 0 saturated carbocycles. The van der Waals surface area contributed by atoms with Crippen molar-refractivity contribution < 1.29 is 10.2 Å². The zero-order chi connectivity index (χ0) is 11.4. The molecule has 0 spiro atoms. The van der Waals surface area contributed by atoms with Crippen LogP contribution in [0.3, 0.4) is 0 Å². The Balaban J connectivity index is 0. The molecule has 0 aliphatic heterocycles. The van der Waals surface area contributed by atoms with Gasteiger partial charge in [0, 0.05) is 6.61 Å². The third kappa shape index (κ3) is 17.5. The lowest BCUT2D eigenvalue weighted by Crippen LogP contribution is -1.80. The van der Waals surface area contributed by atoms with Crippen LogP contribution >= 0.6 is 0 Å². The van der Waals surface area contributed by atoms with E-state index in [1.165, 1.54) is 11.1 Å². The van der Waals surface area contributed by atoms with Gasteiger partial charge in [-0.25, -0.2) is 0 Å². The molecule has 0 radical (unpaired) electrons. The average molecular weight is 200 g/mol. The minimum absolute atomic E-state index is 0.167. The number of allylic oxidation sites excluding steroid dienone is 3. The summed E-state index contributed by atoms with van der Waals surface area (Å²) in [7, 11) is 0. The van der Waals surface area contributed by atoms with Gasteiger partial charge in [0.05, 0.1) is 6.61 Å². The van der Waals surface area contributed by atoms with Crippen molar-refractivity contribution in [2.24, 2.45) is 0 Å². The van der Waals surface area contributed by atoms with E-state index in [2.05, 4.69) is 26.8 Å². The van der Waals surface area contributed by atoms with Crippen LogP contribution in [0.1, 0.15) is 40.5 Å². The van der Waals surface area contributed by atoms with Crippen molar-refractivity contribution in [2.75, 3.05) is 13.2 Å². The summed E-state index contributed by atoms with van der Waals surface area (Å²) in [5.41, 5.74) is 2.63. The molecule has 0 atom stereocenters. The highest BCUT2D eigenvalue weighted by Gasteiger charge is 1.86. The minimum atomic E-state index is 0.167. The van der Waals surface area contributed by atoms with Crippen molar-refractivity contribution in [3.05, 3.63) is 23.3 Å². The van der Waals surface area contributed by atoms with E-state index in [0.717, 1.165) is 12.8 Å². The van der Waals surface area contributed by atoms with E-state index < -0.39 is 0 Å². The van der Waals surface area contributed by atoms with Crippen molar-refractivity contribution in [1.29, 1.82) is 0 Å². The molecule has 0 saturated heterocycles. The molecule has 0 unspecified atom stereocenters. The molecular formula is C12H24O2. The standard InChI is InChI=1S/C10H18O.C2H6O/c1-9(2)5-4-6-10(3)7-8-11;1-2-3/h5,7,11H,4,6,8H2,1-3H3;3H,2H2,1H3/b10-7+;. The van der Waals surface area contributed by atoms with Crippen molar-refractivity contribution >= 4 is 0 Å². The van der Waals surface area contributed by atoms with Gasteiger partial charge in [-0.2, -0.15) is 0 Å². The molecule has 0 heterocycles. The Bertz CT molecular complexity index is 165. The van der Waals surface area contributed by atoms with Crippen molar-refractivity contribution in [3.8, 4) is 0 Å². The summed E-state index contributed by atoms with van der Waals surface area (Å²) in [6.07, 6.45) is 6.23. The first-order chi connectivity index (χ1) is 6.58. The van der Waals surface area contributed by atoms with Gasteiger partial charge in [0.2, 0.25) is 0 Å². The van der Waals surface area contributed by atoms with Gasteiger partial charge in [-0.05, 0) is 40.5 Å². The summed E-state index contributed by atoms with van der Waals surface area (Å²) in [6.45, 7) is 8.35. The first-order valence-electron chi connectivity index (χ1n) is 5.09. The zero-order valence-electron chi connectivity index (χ0n) is 9.88. The van der Waals surface area contributed by atoms with E-state index in [-0.39, 0.29) is 13.2 Å². The summed E-state index contributed by atoms with van der Waals surface area (Å²) >= 11 is 0. The number of hydrogen-bond donors (Lipinski definition) is 2. The van der Waals surface area contributed by atoms with Crippen molar-refractivity contribution in [3.63, 3.8) is 0 Å². The Morgan fingerprint density at radius 1 is 1.07 bits per heavy atom. The van der Waals surface area contributed by atoms with Gasteiger partial charge in [-0.15, -0.1) is 0 Å². The molecule has 0 fully saturated rings. The van der Waals surface area contributed by atoms with E-state index >= 15 is 0 Å². The Morgan fingerprint density at radius 2 is 1.57 bits per heavy atom. The number of hydrogen-bond acceptors (Lipinski definition) is 2. The van der Waals surface area contributed by atoms with Gasteiger partial charge in [-0.1, -0.05) is 23.3 Å². The summed E-state index contributed by atoms with van der Waals surface area (Å²) in [4.78, 5) is 0. The Labute approximate surface area is 88.0 Å². The SMILES string of the molecule is CC(C)=CCC/C(C)=C/CO.CCO. The van der Waals surface area contributed by atoms with Crippen LogP contribution in [0.4, 0.5) is 0 Å². The lowest BCUT2D eigenvalue weighted by Gasteiger charge is -1.96. The highest BCUT2D eigenvalue weighted by atomic mass is 16.3. The molecule has 2 nitrogen and oxygen atoms in total. The Morgan fingerprint density at radius 3 is 1.93 bits per heavy atom. The maximum absolute atomic E-state index is 8.55. The van der Waals surface area contributed by atoms with Gasteiger partial charge in [-0.3, -0.25) is 0 Å². The molecular weight excluding hydrogens is 176 g/mol. The second-order valence-corrected chi connectivity index (χ2v) is 3.37. The summed E-state index contributed by atoms with van der Waals surface area (Å²) < 4.78 is 0. The normalized spacial score (nSPS) is 10.3. The van der Waals surface area contributed by atoms with Gasteiger partial charge in [0.1, 0.15) is 0 Å². The molecule has 84 valence electrons. The van der Waals surface area contributed by atoms with Crippen LogP contribution in [0, 0.1) is 0 Å². The van der Waals surface area contributed by atoms with Crippen LogP contribution in [0.25, 0.3) is 0 Å². The van der Waals surface area contributed by atoms with Gasteiger partial charge >= 0.3 is 0 Å². The molecule has 0 aromatic heterocycles. The Hall–Kier alpha value is -0.600. The Kier molecular flexibility index (Phi) is 14.0.